The molecule has 0 bridgehead atoms. The van der Waals surface area contributed by atoms with Crippen molar-refractivity contribution in [3.63, 3.8) is 0 Å². The summed E-state index contributed by atoms with van der Waals surface area (Å²) in [5.41, 5.74) is 4.02. The van der Waals surface area contributed by atoms with E-state index in [0.29, 0.717) is 11.4 Å². The number of aryl methyl sites for hydroxylation is 1. The highest BCUT2D eigenvalue weighted by atomic mass is 32.1. The summed E-state index contributed by atoms with van der Waals surface area (Å²) in [6.45, 7) is 0. The quantitative estimate of drug-likeness (QED) is 0.254. The first-order valence-electron chi connectivity index (χ1n) is 11.0. The number of halogens is 1. The van der Waals surface area contributed by atoms with E-state index in [1.54, 1.807) is 36.0 Å². The number of thiophene rings is 1. The van der Waals surface area contributed by atoms with Crippen molar-refractivity contribution in [2.75, 3.05) is 10.6 Å². The number of imidazole rings is 1. The molecule has 0 radical (unpaired) electrons. The predicted molar refractivity (Wildman–Crippen MR) is 146 cm³/mol. The molecule has 5 rings (SSSR count). The number of anilines is 3. The molecule has 0 aliphatic rings. The van der Waals surface area contributed by atoms with Gasteiger partial charge in [-0.1, -0.05) is 30.3 Å². The number of carbonyl (C=O) groups excluding carboxylic acids is 1. The number of pyridine rings is 1. The summed E-state index contributed by atoms with van der Waals surface area (Å²) in [6, 6.07) is 17.8. The highest BCUT2D eigenvalue weighted by molar-refractivity contribution is 7.80. The number of nitrogens with one attached hydrogen (secondary N) is 3. The average molecular weight is 517 g/mol. The Hall–Kier alpha value is -4.15. The molecule has 36 heavy (non-hydrogen) atoms. The van der Waals surface area contributed by atoms with Crippen LogP contribution in [0.3, 0.4) is 0 Å². The average Bonchev–Trinajstić information content (AvgIpc) is 3.48. The number of hydrogen-bond donors (Lipinski definition) is 3. The molecule has 10 heteroatoms. The monoisotopic (exact) mass is 516 g/mol. The topological polar surface area (TPSA) is 83.9 Å². The third kappa shape index (κ3) is 5.40. The van der Waals surface area contributed by atoms with Crippen molar-refractivity contribution in [1.29, 1.82) is 0 Å². The lowest BCUT2D eigenvalue weighted by Gasteiger charge is -2.12. The molecule has 0 aliphatic heterocycles. The van der Waals surface area contributed by atoms with Gasteiger partial charge in [-0.15, -0.1) is 11.3 Å². The van der Waals surface area contributed by atoms with E-state index in [9.17, 15) is 9.18 Å². The van der Waals surface area contributed by atoms with Gasteiger partial charge in [0.1, 0.15) is 5.82 Å². The summed E-state index contributed by atoms with van der Waals surface area (Å²) in [5.74, 6) is -0.718. The number of rotatable bonds is 6. The van der Waals surface area contributed by atoms with Gasteiger partial charge in [-0.3, -0.25) is 9.78 Å². The number of nitrogens with zero attached hydrogens (tertiary/aromatic N) is 3. The Morgan fingerprint density at radius 3 is 2.67 bits per heavy atom. The van der Waals surface area contributed by atoms with Crippen LogP contribution in [-0.2, 0) is 18.3 Å². The van der Waals surface area contributed by atoms with Gasteiger partial charge in [0, 0.05) is 25.1 Å². The summed E-state index contributed by atoms with van der Waals surface area (Å²) in [7, 11) is 1.92. The summed E-state index contributed by atoms with van der Waals surface area (Å²) in [6.07, 6.45) is 5.57. The first-order valence-corrected chi connectivity index (χ1v) is 12.3. The molecule has 0 fully saturated rings. The lowest BCUT2D eigenvalue weighted by molar-refractivity contribution is -0.119. The minimum absolute atomic E-state index is 0.104. The van der Waals surface area contributed by atoms with E-state index in [2.05, 4.69) is 25.9 Å². The van der Waals surface area contributed by atoms with Crippen LogP contribution in [-0.4, -0.2) is 25.6 Å². The molecule has 0 aliphatic carbocycles. The molecule has 7 nitrogen and oxygen atoms in total. The van der Waals surface area contributed by atoms with Gasteiger partial charge in [0.25, 0.3) is 0 Å². The summed E-state index contributed by atoms with van der Waals surface area (Å²) >= 11 is 6.75. The van der Waals surface area contributed by atoms with Crippen molar-refractivity contribution in [3.05, 3.63) is 90.8 Å². The Bertz CT molecular complexity index is 1560. The van der Waals surface area contributed by atoms with E-state index in [1.807, 2.05) is 60.3 Å². The van der Waals surface area contributed by atoms with Gasteiger partial charge in [0.2, 0.25) is 5.91 Å². The normalized spacial score (nSPS) is 10.8. The SMILES string of the molecule is Cn1cnc(-c2cc3nccc(Nc4ccc(NC(=S)NC(=O)Cc5ccccc5)cc4F)c3s2)c1. The molecule has 3 N–H and O–H groups in total. The van der Waals surface area contributed by atoms with Gasteiger partial charge < -0.3 is 20.5 Å². The highest BCUT2D eigenvalue weighted by Gasteiger charge is 2.13. The zero-order valence-electron chi connectivity index (χ0n) is 19.2. The number of aromatic nitrogens is 3. The maximum Gasteiger partial charge on any atom is 0.230 e. The van der Waals surface area contributed by atoms with Crippen molar-refractivity contribution in [1.82, 2.24) is 19.9 Å². The van der Waals surface area contributed by atoms with Crippen LogP contribution in [0.4, 0.5) is 21.5 Å². The zero-order chi connectivity index (χ0) is 25.1. The largest absolute Gasteiger partial charge is 0.352 e. The van der Waals surface area contributed by atoms with Gasteiger partial charge in [-0.2, -0.15) is 0 Å². The molecule has 0 spiro atoms. The van der Waals surface area contributed by atoms with E-state index < -0.39 is 5.82 Å². The lowest BCUT2D eigenvalue weighted by Crippen LogP contribution is -2.35. The number of carbonyl (C=O) groups is 1. The van der Waals surface area contributed by atoms with E-state index >= 15 is 0 Å². The first kappa shape index (κ1) is 23.6. The third-order valence-corrected chi connectivity index (χ3v) is 6.71. The number of fused-ring (bicyclic) bond motifs is 1. The van der Waals surface area contributed by atoms with Crippen LogP contribution in [0.25, 0.3) is 20.8 Å². The van der Waals surface area contributed by atoms with Crippen LogP contribution in [0.5, 0.6) is 0 Å². The second-order valence-corrected chi connectivity index (χ2v) is 9.55. The van der Waals surface area contributed by atoms with Crippen molar-refractivity contribution in [2.45, 2.75) is 6.42 Å². The van der Waals surface area contributed by atoms with Crippen LogP contribution in [0.1, 0.15) is 5.56 Å². The minimum atomic E-state index is -0.468. The standard InChI is InChI=1S/C26H21FN6OS2/c1-33-14-22(29-15-33)23-13-21-25(36-23)20(9-10-28-21)31-19-8-7-17(12-18(19)27)30-26(35)32-24(34)11-16-5-3-2-4-6-16/h2-10,12-15H,11H2,1H3,(H,28,31)(H2,30,32,34,35). The second kappa shape index (κ2) is 10.2. The molecule has 0 unspecified atom stereocenters. The number of amides is 1. The maximum atomic E-state index is 15.0. The number of thiocarbonyl (C=S) groups is 1. The third-order valence-electron chi connectivity index (χ3n) is 5.33. The fourth-order valence-electron chi connectivity index (χ4n) is 3.66. The van der Waals surface area contributed by atoms with Crippen LogP contribution >= 0.6 is 23.6 Å². The maximum absolute atomic E-state index is 15.0. The summed E-state index contributed by atoms with van der Waals surface area (Å²) in [4.78, 5) is 22.0. The van der Waals surface area contributed by atoms with E-state index in [-0.39, 0.29) is 17.4 Å². The molecule has 0 saturated carbocycles. The molecule has 0 atom stereocenters. The molecule has 1 amide bonds. The molecule has 5 aromatic rings. The minimum Gasteiger partial charge on any atom is -0.352 e. The lowest BCUT2D eigenvalue weighted by atomic mass is 10.1. The predicted octanol–water partition coefficient (Wildman–Crippen LogP) is 5.64. The van der Waals surface area contributed by atoms with E-state index in [0.717, 1.165) is 32.0 Å². The van der Waals surface area contributed by atoms with Crippen molar-refractivity contribution in [3.8, 4) is 10.6 Å². The van der Waals surface area contributed by atoms with Gasteiger partial charge in [0.15, 0.2) is 5.11 Å². The van der Waals surface area contributed by atoms with Crippen LogP contribution in [0, 0.1) is 5.82 Å². The molecular weight excluding hydrogens is 495 g/mol. The Balaban J connectivity index is 1.26. The Labute approximate surface area is 216 Å². The van der Waals surface area contributed by atoms with Gasteiger partial charge in [-0.25, -0.2) is 9.37 Å². The van der Waals surface area contributed by atoms with Crippen molar-refractivity contribution >= 4 is 61.9 Å². The second-order valence-electron chi connectivity index (χ2n) is 8.09. The van der Waals surface area contributed by atoms with Crippen LogP contribution in [0.15, 0.2) is 79.4 Å². The Morgan fingerprint density at radius 2 is 1.92 bits per heavy atom. The first-order chi connectivity index (χ1) is 17.4. The molecule has 2 aromatic carbocycles. The Morgan fingerprint density at radius 1 is 1.08 bits per heavy atom. The summed E-state index contributed by atoms with van der Waals surface area (Å²) < 4.78 is 17.7. The van der Waals surface area contributed by atoms with Gasteiger partial charge in [-0.05, 0) is 48.1 Å². The number of benzene rings is 2. The summed E-state index contributed by atoms with van der Waals surface area (Å²) in [5, 5.41) is 8.75. The van der Waals surface area contributed by atoms with Crippen molar-refractivity contribution in [2.24, 2.45) is 7.05 Å². The molecule has 180 valence electrons. The highest BCUT2D eigenvalue weighted by Crippen LogP contribution is 2.37. The zero-order valence-corrected chi connectivity index (χ0v) is 20.8. The van der Waals surface area contributed by atoms with Crippen LogP contribution in [0.2, 0.25) is 0 Å². The van der Waals surface area contributed by atoms with E-state index in [1.165, 1.54) is 6.07 Å². The fraction of sp³-hybridized carbons (Fsp3) is 0.0769. The molecule has 0 saturated heterocycles. The van der Waals surface area contributed by atoms with Crippen molar-refractivity contribution < 1.29 is 9.18 Å². The Kier molecular flexibility index (Phi) is 6.70. The van der Waals surface area contributed by atoms with E-state index in [4.69, 9.17) is 12.2 Å². The molecule has 3 aromatic heterocycles. The number of hydrogen-bond acceptors (Lipinski definition) is 6. The molecule has 3 heterocycles. The van der Waals surface area contributed by atoms with Gasteiger partial charge >= 0.3 is 0 Å². The van der Waals surface area contributed by atoms with Crippen LogP contribution < -0.4 is 16.0 Å². The fourth-order valence-corrected chi connectivity index (χ4v) is 4.93. The van der Waals surface area contributed by atoms with Gasteiger partial charge in [0.05, 0.1) is 44.9 Å². The smallest absolute Gasteiger partial charge is 0.230 e. The molecular formula is C26H21FN6OS2.